The van der Waals surface area contributed by atoms with Crippen LogP contribution in [0.25, 0.3) is 0 Å². The highest BCUT2D eigenvalue weighted by Gasteiger charge is 2.11. The topological polar surface area (TPSA) is 29.1 Å². The number of benzene rings is 1. The summed E-state index contributed by atoms with van der Waals surface area (Å²) in [5.74, 6) is 0.935. The van der Waals surface area contributed by atoms with Gasteiger partial charge >= 0.3 is 0 Å². The van der Waals surface area contributed by atoms with Crippen molar-refractivity contribution in [1.82, 2.24) is 5.32 Å². The zero-order valence-corrected chi connectivity index (χ0v) is 11.2. The van der Waals surface area contributed by atoms with Gasteiger partial charge in [0.25, 0.3) is 0 Å². The number of thioether (sulfide) groups is 1. The Morgan fingerprint density at radius 2 is 2.12 bits per heavy atom. The van der Waals surface area contributed by atoms with Crippen LogP contribution in [0.15, 0.2) is 36.9 Å². The molecule has 0 aliphatic heterocycles. The lowest BCUT2D eigenvalue weighted by atomic mass is 10.2. The van der Waals surface area contributed by atoms with Gasteiger partial charge < -0.3 is 5.32 Å². The molecule has 17 heavy (non-hydrogen) atoms. The lowest BCUT2D eigenvalue weighted by Crippen LogP contribution is -2.30. The van der Waals surface area contributed by atoms with E-state index in [-0.39, 0.29) is 11.2 Å². The molecule has 0 aromatic heterocycles. The van der Waals surface area contributed by atoms with Gasteiger partial charge in [0.15, 0.2) is 0 Å². The van der Waals surface area contributed by atoms with Gasteiger partial charge in [-0.15, -0.1) is 18.3 Å². The number of hydrogen-bond donors (Lipinski definition) is 1. The Kier molecular flexibility index (Phi) is 5.84. The molecule has 92 valence electrons. The van der Waals surface area contributed by atoms with Crippen molar-refractivity contribution in [3.05, 3.63) is 48.0 Å². The molecule has 1 aromatic carbocycles. The molecule has 0 heterocycles. The van der Waals surface area contributed by atoms with Gasteiger partial charge in [0.2, 0.25) is 5.91 Å². The highest BCUT2D eigenvalue weighted by molar-refractivity contribution is 7.99. The average molecular weight is 249 g/mol. The molecule has 0 aliphatic rings. The van der Waals surface area contributed by atoms with Gasteiger partial charge in [-0.3, -0.25) is 4.79 Å². The van der Waals surface area contributed by atoms with E-state index >= 15 is 0 Å². The first-order chi connectivity index (χ1) is 8.13. The minimum atomic E-state index is -0.0312. The summed E-state index contributed by atoms with van der Waals surface area (Å²) >= 11 is 1.65. The van der Waals surface area contributed by atoms with Crippen molar-refractivity contribution in [2.45, 2.75) is 24.9 Å². The first-order valence-electron chi connectivity index (χ1n) is 5.69. The quantitative estimate of drug-likeness (QED) is 0.785. The molecule has 0 radical (unpaired) electrons. The van der Waals surface area contributed by atoms with Gasteiger partial charge in [0.05, 0.1) is 5.25 Å². The first-order valence-corrected chi connectivity index (χ1v) is 6.74. The molecule has 0 fully saturated rings. The maximum Gasteiger partial charge on any atom is 0.233 e. The van der Waals surface area contributed by atoms with E-state index in [9.17, 15) is 4.79 Å². The molecule has 1 amide bonds. The van der Waals surface area contributed by atoms with Crippen molar-refractivity contribution < 1.29 is 4.79 Å². The van der Waals surface area contributed by atoms with E-state index in [2.05, 4.69) is 43.1 Å². The van der Waals surface area contributed by atoms with Crippen molar-refractivity contribution in [2.75, 3.05) is 6.54 Å². The van der Waals surface area contributed by atoms with Crippen LogP contribution in [0, 0.1) is 6.92 Å². The molecule has 1 unspecified atom stereocenters. The molecule has 0 spiro atoms. The van der Waals surface area contributed by atoms with Gasteiger partial charge in [-0.2, -0.15) is 0 Å². The SMILES string of the molecule is C=CCNC(=O)C(C)SCc1ccc(C)cc1. The molecule has 1 rings (SSSR count). The number of carbonyl (C=O) groups is 1. The third-order valence-electron chi connectivity index (χ3n) is 2.41. The van der Waals surface area contributed by atoms with Gasteiger partial charge in [0.1, 0.15) is 0 Å². The van der Waals surface area contributed by atoms with Crippen LogP contribution in [-0.2, 0) is 10.5 Å². The molecule has 0 bridgehead atoms. The standard InChI is InChI=1S/C14H19NOS/c1-4-9-15-14(16)12(3)17-10-13-7-5-11(2)6-8-13/h4-8,12H,1,9-10H2,2-3H3,(H,15,16). The summed E-state index contributed by atoms with van der Waals surface area (Å²) in [6.07, 6.45) is 1.69. The second-order valence-corrected chi connectivity index (χ2v) is 5.30. The largest absolute Gasteiger partial charge is 0.352 e. The molecule has 1 atom stereocenters. The highest BCUT2D eigenvalue weighted by Crippen LogP contribution is 2.18. The monoisotopic (exact) mass is 249 g/mol. The second kappa shape index (κ2) is 7.17. The van der Waals surface area contributed by atoms with Crippen molar-refractivity contribution in [1.29, 1.82) is 0 Å². The fourth-order valence-electron chi connectivity index (χ4n) is 1.30. The molecular formula is C14H19NOS. The van der Waals surface area contributed by atoms with Gasteiger partial charge in [-0.25, -0.2) is 0 Å². The third kappa shape index (κ3) is 5.09. The van der Waals surface area contributed by atoms with Crippen molar-refractivity contribution >= 4 is 17.7 Å². The zero-order chi connectivity index (χ0) is 12.7. The Hall–Kier alpha value is -1.22. The van der Waals surface area contributed by atoms with Crippen LogP contribution in [-0.4, -0.2) is 17.7 Å². The molecule has 0 saturated heterocycles. The molecule has 3 heteroatoms. The summed E-state index contributed by atoms with van der Waals surface area (Å²) in [5, 5.41) is 2.77. The van der Waals surface area contributed by atoms with Crippen LogP contribution in [0.3, 0.4) is 0 Å². The maximum absolute atomic E-state index is 11.6. The fourth-order valence-corrected chi connectivity index (χ4v) is 2.17. The van der Waals surface area contributed by atoms with Crippen molar-refractivity contribution in [3.63, 3.8) is 0 Å². The van der Waals surface area contributed by atoms with E-state index < -0.39 is 0 Å². The van der Waals surface area contributed by atoms with Gasteiger partial charge in [0, 0.05) is 12.3 Å². The third-order valence-corrected chi connectivity index (χ3v) is 3.62. The molecule has 1 aromatic rings. The van der Waals surface area contributed by atoms with Crippen LogP contribution in [0.2, 0.25) is 0 Å². The van der Waals surface area contributed by atoms with E-state index in [0.717, 1.165) is 5.75 Å². The van der Waals surface area contributed by atoms with Crippen LogP contribution in [0.4, 0.5) is 0 Å². The highest BCUT2D eigenvalue weighted by atomic mass is 32.2. The number of rotatable bonds is 6. The summed E-state index contributed by atoms with van der Waals surface area (Å²) in [4.78, 5) is 11.6. The fraction of sp³-hybridized carbons (Fsp3) is 0.357. The first kappa shape index (κ1) is 13.8. The molecule has 0 saturated carbocycles. The molecular weight excluding hydrogens is 230 g/mol. The Balaban J connectivity index is 2.37. The lowest BCUT2D eigenvalue weighted by molar-refractivity contribution is -0.120. The van der Waals surface area contributed by atoms with Crippen molar-refractivity contribution in [2.24, 2.45) is 0 Å². The summed E-state index contributed by atoms with van der Waals surface area (Å²) < 4.78 is 0. The number of carbonyl (C=O) groups excluding carboxylic acids is 1. The van der Waals surface area contributed by atoms with E-state index in [4.69, 9.17) is 0 Å². The smallest absolute Gasteiger partial charge is 0.233 e. The predicted molar refractivity (Wildman–Crippen MR) is 75.1 cm³/mol. The normalized spacial score (nSPS) is 11.9. The van der Waals surface area contributed by atoms with Crippen LogP contribution in [0.5, 0.6) is 0 Å². The van der Waals surface area contributed by atoms with E-state index in [1.165, 1.54) is 11.1 Å². The van der Waals surface area contributed by atoms with Crippen LogP contribution < -0.4 is 5.32 Å². The molecule has 0 aliphatic carbocycles. The van der Waals surface area contributed by atoms with Crippen LogP contribution in [0.1, 0.15) is 18.1 Å². The number of amides is 1. The Morgan fingerprint density at radius 3 is 2.71 bits per heavy atom. The number of nitrogens with one attached hydrogen (secondary N) is 1. The van der Waals surface area contributed by atoms with E-state index in [0.29, 0.717) is 6.54 Å². The number of hydrogen-bond acceptors (Lipinski definition) is 2. The Bertz CT molecular complexity index is 372. The maximum atomic E-state index is 11.6. The predicted octanol–water partition coefficient (Wildman–Crippen LogP) is 2.92. The Morgan fingerprint density at radius 1 is 1.47 bits per heavy atom. The van der Waals surface area contributed by atoms with E-state index in [1.807, 2.05) is 6.92 Å². The van der Waals surface area contributed by atoms with Gasteiger partial charge in [-0.05, 0) is 19.4 Å². The summed E-state index contributed by atoms with van der Waals surface area (Å²) in [7, 11) is 0. The summed E-state index contributed by atoms with van der Waals surface area (Å²) in [6, 6.07) is 8.41. The summed E-state index contributed by atoms with van der Waals surface area (Å²) in [5.41, 5.74) is 2.51. The molecule has 2 nitrogen and oxygen atoms in total. The molecule has 1 N–H and O–H groups in total. The average Bonchev–Trinajstić information content (AvgIpc) is 2.34. The van der Waals surface area contributed by atoms with E-state index in [1.54, 1.807) is 17.8 Å². The second-order valence-electron chi connectivity index (χ2n) is 3.97. The minimum Gasteiger partial charge on any atom is -0.352 e. The summed E-state index contributed by atoms with van der Waals surface area (Å²) in [6.45, 7) is 8.11. The Labute approximate surface area is 107 Å². The minimum absolute atomic E-state index is 0.0312. The lowest BCUT2D eigenvalue weighted by Gasteiger charge is -2.10. The van der Waals surface area contributed by atoms with Crippen molar-refractivity contribution in [3.8, 4) is 0 Å². The zero-order valence-electron chi connectivity index (χ0n) is 10.4. The van der Waals surface area contributed by atoms with Crippen LogP contribution >= 0.6 is 11.8 Å². The van der Waals surface area contributed by atoms with Gasteiger partial charge in [-0.1, -0.05) is 35.9 Å². The number of aryl methyl sites for hydroxylation is 1.